The second-order valence-electron chi connectivity index (χ2n) is 4.65. The van der Waals surface area contributed by atoms with Gasteiger partial charge in [0.25, 0.3) is 0 Å². The predicted octanol–water partition coefficient (Wildman–Crippen LogP) is 3.75. The number of rotatable bonds is 6. The van der Waals surface area contributed by atoms with Crippen molar-refractivity contribution in [3.63, 3.8) is 0 Å². The Kier molecular flexibility index (Phi) is 4.99. The molecule has 19 heavy (non-hydrogen) atoms. The van der Waals surface area contributed by atoms with E-state index in [0.29, 0.717) is 6.61 Å². The molecule has 0 aliphatic heterocycles. The third kappa shape index (κ3) is 4.11. The quantitative estimate of drug-likeness (QED) is 0.798. The number of benzene rings is 2. The van der Waals surface area contributed by atoms with E-state index in [9.17, 15) is 5.11 Å². The maximum Gasteiger partial charge on any atom is 0.125 e. The van der Waals surface area contributed by atoms with Crippen LogP contribution in [0.1, 0.15) is 30.6 Å². The number of hydrogen-bond donors (Lipinski definition) is 1. The van der Waals surface area contributed by atoms with Crippen molar-refractivity contribution in [2.24, 2.45) is 0 Å². The van der Waals surface area contributed by atoms with E-state index < -0.39 is 6.10 Å². The van der Waals surface area contributed by atoms with Crippen LogP contribution in [0.5, 0.6) is 5.75 Å². The van der Waals surface area contributed by atoms with Gasteiger partial charge in [0, 0.05) is 5.56 Å². The predicted molar refractivity (Wildman–Crippen MR) is 77.3 cm³/mol. The highest BCUT2D eigenvalue weighted by Crippen LogP contribution is 2.24. The molecular weight excluding hydrogens is 236 g/mol. The molecular formula is C17H20O2. The van der Waals surface area contributed by atoms with Crippen LogP contribution < -0.4 is 4.74 Å². The van der Waals surface area contributed by atoms with Gasteiger partial charge >= 0.3 is 0 Å². The van der Waals surface area contributed by atoms with Crippen LogP contribution in [-0.4, -0.2) is 11.7 Å². The largest absolute Gasteiger partial charge is 0.493 e. The molecule has 2 aromatic carbocycles. The van der Waals surface area contributed by atoms with Crippen LogP contribution in [0, 0.1) is 0 Å². The van der Waals surface area contributed by atoms with Gasteiger partial charge < -0.3 is 9.84 Å². The van der Waals surface area contributed by atoms with Crippen molar-refractivity contribution in [2.75, 3.05) is 6.61 Å². The highest BCUT2D eigenvalue weighted by atomic mass is 16.5. The van der Waals surface area contributed by atoms with E-state index in [4.69, 9.17) is 4.74 Å². The molecule has 2 nitrogen and oxygen atoms in total. The summed E-state index contributed by atoms with van der Waals surface area (Å²) in [7, 11) is 0. The number of aryl methyl sites for hydroxylation is 1. The van der Waals surface area contributed by atoms with E-state index in [0.717, 1.165) is 24.2 Å². The fourth-order valence-electron chi connectivity index (χ4n) is 2.06. The van der Waals surface area contributed by atoms with Gasteiger partial charge in [-0.2, -0.15) is 0 Å². The third-order valence-corrected chi connectivity index (χ3v) is 3.08. The fraction of sp³-hybridized carbons (Fsp3) is 0.294. The minimum atomic E-state index is -0.495. The molecule has 2 heteroatoms. The van der Waals surface area contributed by atoms with Gasteiger partial charge in [0.05, 0.1) is 12.7 Å². The van der Waals surface area contributed by atoms with Gasteiger partial charge in [0.1, 0.15) is 5.75 Å². The van der Waals surface area contributed by atoms with E-state index >= 15 is 0 Å². The summed E-state index contributed by atoms with van der Waals surface area (Å²) in [5, 5.41) is 9.66. The number of hydrogen-bond acceptors (Lipinski definition) is 2. The summed E-state index contributed by atoms with van der Waals surface area (Å²) in [6.07, 6.45) is 1.49. The topological polar surface area (TPSA) is 29.5 Å². The molecule has 0 fully saturated rings. The second kappa shape index (κ2) is 6.95. The highest BCUT2D eigenvalue weighted by Gasteiger charge is 2.07. The molecule has 2 rings (SSSR count). The molecule has 0 bridgehead atoms. The zero-order valence-electron chi connectivity index (χ0n) is 11.3. The van der Waals surface area contributed by atoms with E-state index in [2.05, 4.69) is 24.3 Å². The monoisotopic (exact) mass is 256 g/mol. The number of para-hydroxylation sites is 1. The Hall–Kier alpha value is -1.80. The van der Waals surface area contributed by atoms with Crippen molar-refractivity contribution >= 4 is 0 Å². The zero-order valence-corrected chi connectivity index (χ0v) is 11.3. The summed E-state index contributed by atoms with van der Waals surface area (Å²) >= 11 is 0. The first-order valence-corrected chi connectivity index (χ1v) is 6.71. The van der Waals surface area contributed by atoms with Crippen molar-refractivity contribution in [1.29, 1.82) is 0 Å². The molecule has 1 N–H and O–H groups in total. The lowest BCUT2D eigenvalue weighted by Gasteiger charge is -2.13. The van der Waals surface area contributed by atoms with Gasteiger partial charge in [-0.25, -0.2) is 0 Å². The summed E-state index contributed by atoms with van der Waals surface area (Å²) in [5.41, 5.74) is 2.18. The lowest BCUT2D eigenvalue weighted by molar-refractivity contribution is 0.191. The molecule has 0 aromatic heterocycles. The van der Waals surface area contributed by atoms with Gasteiger partial charge in [-0.3, -0.25) is 0 Å². The van der Waals surface area contributed by atoms with Crippen molar-refractivity contribution in [3.05, 3.63) is 65.7 Å². The Balaban J connectivity index is 1.83. The van der Waals surface area contributed by atoms with Crippen LogP contribution in [0.25, 0.3) is 0 Å². The first-order chi connectivity index (χ1) is 9.27. The summed E-state index contributed by atoms with van der Waals surface area (Å²) in [6.45, 7) is 2.42. The van der Waals surface area contributed by atoms with Crippen molar-refractivity contribution in [3.8, 4) is 5.75 Å². The lowest BCUT2D eigenvalue weighted by Crippen LogP contribution is -2.03. The molecule has 0 amide bonds. The summed E-state index contributed by atoms with van der Waals surface area (Å²) < 4.78 is 5.76. The van der Waals surface area contributed by atoms with Crippen molar-refractivity contribution < 1.29 is 9.84 Å². The highest BCUT2D eigenvalue weighted by molar-refractivity contribution is 5.34. The average molecular weight is 256 g/mol. The Morgan fingerprint density at radius 3 is 2.42 bits per heavy atom. The number of aliphatic hydroxyl groups is 1. The van der Waals surface area contributed by atoms with Crippen LogP contribution >= 0.6 is 0 Å². The van der Waals surface area contributed by atoms with E-state index in [1.54, 1.807) is 6.92 Å². The van der Waals surface area contributed by atoms with Crippen LogP contribution in [0.2, 0.25) is 0 Å². The molecule has 0 saturated heterocycles. The fourth-order valence-corrected chi connectivity index (χ4v) is 2.06. The maximum absolute atomic E-state index is 9.66. The maximum atomic E-state index is 9.66. The zero-order chi connectivity index (χ0) is 13.5. The normalized spacial score (nSPS) is 12.1. The van der Waals surface area contributed by atoms with Crippen molar-refractivity contribution in [1.82, 2.24) is 0 Å². The van der Waals surface area contributed by atoms with Crippen LogP contribution in [-0.2, 0) is 6.42 Å². The van der Waals surface area contributed by atoms with Crippen LogP contribution in [0.15, 0.2) is 54.6 Å². The average Bonchev–Trinajstić information content (AvgIpc) is 2.45. The first kappa shape index (κ1) is 13.6. The molecule has 1 unspecified atom stereocenters. The molecule has 0 aliphatic rings. The van der Waals surface area contributed by atoms with Crippen LogP contribution in [0.3, 0.4) is 0 Å². The third-order valence-electron chi connectivity index (χ3n) is 3.08. The summed E-state index contributed by atoms with van der Waals surface area (Å²) in [5.74, 6) is 0.783. The smallest absolute Gasteiger partial charge is 0.125 e. The molecule has 2 aromatic rings. The molecule has 100 valence electrons. The van der Waals surface area contributed by atoms with Gasteiger partial charge in [-0.1, -0.05) is 48.5 Å². The molecule has 1 atom stereocenters. The summed E-state index contributed by atoms with van der Waals surface area (Å²) in [4.78, 5) is 0. The Morgan fingerprint density at radius 2 is 1.68 bits per heavy atom. The second-order valence-corrected chi connectivity index (χ2v) is 4.65. The van der Waals surface area contributed by atoms with E-state index in [1.807, 2.05) is 30.3 Å². The Labute approximate surface area is 114 Å². The van der Waals surface area contributed by atoms with Crippen LogP contribution in [0.4, 0.5) is 0 Å². The van der Waals surface area contributed by atoms with Gasteiger partial charge in [-0.05, 0) is 31.4 Å². The minimum absolute atomic E-state index is 0.495. The number of ether oxygens (including phenoxy) is 1. The molecule has 0 heterocycles. The molecule has 0 aliphatic carbocycles. The Bertz CT molecular complexity index is 492. The van der Waals surface area contributed by atoms with Gasteiger partial charge in [0.2, 0.25) is 0 Å². The standard InChI is InChI=1S/C17H20O2/c1-14(18)16-11-5-6-12-17(16)19-13-7-10-15-8-3-2-4-9-15/h2-6,8-9,11-12,14,18H,7,10,13H2,1H3. The van der Waals surface area contributed by atoms with Gasteiger partial charge in [0.15, 0.2) is 0 Å². The minimum Gasteiger partial charge on any atom is -0.493 e. The molecule has 0 saturated carbocycles. The van der Waals surface area contributed by atoms with Crippen molar-refractivity contribution in [2.45, 2.75) is 25.9 Å². The van der Waals surface area contributed by atoms with Gasteiger partial charge in [-0.15, -0.1) is 0 Å². The first-order valence-electron chi connectivity index (χ1n) is 6.71. The molecule has 0 radical (unpaired) electrons. The Morgan fingerprint density at radius 1 is 1.00 bits per heavy atom. The number of aliphatic hydroxyl groups excluding tert-OH is 1. The SMILES string of the molecule is CC(O)c1ccccc1OCCCc1ccccc1. The summed E-state index contributed by atoms with van der Waals surface area (Å²) in [6, 6.07) is 18.0. The lowest BCUT2D eigenvalue weighted by atomic mass is 10.1. The van der Waals surface area contributed by atoms with E-state index in [-0.39, 0.29) is 0 Å². The molecule has 0 spiro atoms. The van der Waals surface area contributed by atoms with E-state index in [1.165, 1.54) is 5.56 Å².